The maximum atomic E-state index is 6.36. The zero-order valence-corrected chi connectivity index (χ0v) is 19.6. The third kappa shape index (κ3) is 4.99. The summed E-state index contributed by atoms with van der Waals surface area (Å²) >= 11 is 6.36. The molecule has 33 heavy (non-hydrogen) atoms. The topological polar surface area (TPSA) is 66.1 Å². The van der Waals surface area contributed by atoms with Crippen molar-refractivity contribution >= 4 is 22.5 Å². The van der Waals surface area contributed by atoms with Gasteiger partial charge in [0.25, 0.3) is 0 Å². The van der Waals surface area contributed by atoms with E-state index in [2.05, 4.69) is 61.1 Å². The zero-order valence-electron chi connectivity index (χ0n) is 18.9. The Hall–Kier alpha value is -2.64. The molecule has 2 aromatic carbocycles. The van der Waals surface area contributed by atoms with E-state index in [4.69, 9.17) is 17.3 Å². The van der Waals surface area contributed by atoms with Crippen molar-refractivity contribution in [1.29, 1.82) is 0 Å². The van der Waals surface area contributed by atoms with E-state index in [1.807, 2.05) is 24.5 Å². The van der Waals surface area contributed by atoms with Gasteiger partial charge in [-0.1, -0.05) is 35.9 Å². The molecule has 1 aliphatic rings. The van der Waals surface area contributed by atoms with Crippen LogP contribution in [0.1, 0.15) is 17.5 Å². The van der Waals surface area contributed by atoms with Crippen molar-refractivity contribution in [2.24, 2.45) is 5.73 Å². The third-order valence-corrected chi connectivity index (χ3v) is 6.95. The molecule has 6 nitrogen and oxygen atoms in total. The van der Waals surface area contributed by atoms with Crippen LogP contribution in [-0.2, 0) is 19.6 Å². The van der Waals surface area contributed by atoms with Gasteiger partial charge < -0.3 is 10.3 Å². The van der Waals surface area contributed by atoms with E-state index in [0.717, 1.165) is 62.8 Å². The Morgan fingerprint density at radius 3 is 2.52 bits per heavy atom. The Labute approximate surface area is 199 Å². The Balaban J connectivity index is 1.29. The highest BCUT2D eigenvalue weighted by Crippen LogP contribution is 2.31. The summed E-state index contributed by atoms with van der Waals surface area (Å²) in [6.07, 6.45) is 7.07. The first-order valence-electron chi connectivity index (χ1n) is 11.7. The van der Waals surface area contributed by atoms with Gasteiger partial charge in [-0.25, -0.2) is 0 Å². The van der Waals surface area contributed by atoms with Crippen molar-refractivity contribution in [3.8, 4) is 11.1 Å². The second-order valence-electron chi connectivity index (χ2n) is 8.86. The summed E-state index contributed by atoms with van der Waals surface area (Å²) in [6.45, 7) is 7.76. The third-order valence-electron chi connectivity index (χ3n) is 6.58. The summed E-state index contributed by atoms with van der Waals surface area (Å²) in [4.78, 5) is 5.04. The van der Waals surface area contributed by atoms with Crippen LogP contribution >= 0.6 is 11.6 Å². The highest BCUT2D eigenvalue weighted by Gasteiger charge is 2.19. The molecule has 2 aromatic heterocycles. The quantitative estimate of drug-likeness (QED) is 0.408. The summed E-state index contributed by atoms with van der Waals surface area (Å²) in [6, 6.07) is 15.0. The number of rotatable bonds is 8. The number of hydrogen-bond acceptors (Lipinski definition) is 4. The van der Waals surface area contributed by atoms with Crippen LogP contribution in [0.25, 0.3) is 22.0 Å². The van der Waals surface area contributed by atoms with Crippen LogP contribution in [0.2, 0.25) is 5.02 Å². The smallest absolute Gasteiger partial charge is 0.0566 e. The predicted octanol–water partition coefficient (Wildman–Crippen LogP) is 4.35. The minimum absolute atomic E-state index is 0.696. The van der Waals surface area contributed by atoms with E-state index < -0.39 is 0 Å². The lowest BCUT2D eigenvalue weighted by atomic mass is 10.1. The maximum absolute atomic E-state index is 6.36. The number of aryl methyl sites for hydroxylation is 1. The molecule has 0 radical (unpaired) electrons. The number of nitrogens with one attached hydrogen (secondary N) is 1. The lowest BCUT2D eigenvalue weighted by Gasteiger charge is -2.35. The monoisotopic (exact) mass is 462 g/mol. The van der Waals surface area contributed by atoms with Gasteiger partial charge in [0.1, 0.15) is 0 Å². The largest absolute Gasteiger partial charge is 0.347 e. The van der Waals surface area contributed by atoms with Crippen molar-refractivity contribution in [1.82, 2.24) is 24.6 Å². The number of fused-ring (bicyclic) bond motifs is 1. The molecular weight excluding hydrogens is 432 g/mol. The van der Waals surface area contributed by atoms with Gasteiger partial charge in [0.2, 0.25) is 0 Å². The molecule has 5 rings (SSSR count). The highest BCUT2D eigenvalue weighted by molar-refractivity contribution is 6.31. The Morgan fingerprint density at radius 2 is 1.79 bits per heavy atom. The molecule has 0 spiro atoms. The van der Waals surface area contributed by atoms with E-state index in [1.165, 1.54) is 27.6 Å². The van der Waals surface area contributed by atoms with Crippen LogP contribution in [0.5, 0.6) is 0 Å². The normalized spacial score (nSPS) is 15.5. The van der Waals surface area contributed by atoms with Crippen molar-refractivity contribution in [3.63, 3.8) is 0 Å². The minimum Gasteiger partial charge on any atom is -0.347 e. The van der Waals surface area contributed by atoms with Crippen molar-refractivity contribution in [2.75, 3.05) is 32.7 Å². The van der Waals surface area contributed by atoms with Crippen LogP contribution in [0, 0.1) is 0 Å². The average Bonchev–Trinajstić information content (AvgIpc) is 3.48. The van der Waals surface area contributed by atoms with E-state index >= 15 is 0 Å². The molecule has 0 saturated carbocycles. The first-order chi connectivity index (χ1) is 16.2. The van der Waals surface area contributed by atoms with Crippen LogP contribution in [0.3, 0.4) is 0 Å². The molecule has 7 heteroatoms. The summed E-state index contributed by atoms with van der Waals surface area (Å²) < 4.78 is 2.32. The molecule has 0 unspecified atom stereocenters. The molecule has 1 aliphatic heterocycles. The first kappa shape index (κ1) is 22.2. The molecule has 3 N–H and O–H groups in total. The van der Waals surface area contributed by atoms with Crippen molar-refractivity contribution < 1.29 is 0 Å². The average molecular weight is 463 g/mol. The molecule has 172 valence electrons. The van der Waals surface area contributed by atoms with Crippen molar-refractivity contribution in [2.45, 2.75) is 26.1 Å². The molecule has 4 aromatic rings. The molecule has 0 atom stereocenters. The number of nitrogens with two attached hydrogens (primary N) is 1. The van der Waals surface area contributed by atoms with E-state index in [0.29, 0.717) is 6.54 Å². The number of benzene rings is 2. The van der Waals surface area contributed by atoms with Crippen LogP contribution in [-0.4, -0.2) is 57.3 Å². The number of aromatic amines is 1. The number of hydrogen-bond donors (Lipinski definition) is 2. The van der Waals surface area contributed by atoms with Crippen LogP contribution in [0.15, 0.2) is 61.1 Å². The summed E-state index contributed by atoms with van der Waals surface area (Å²) in [5, 5.41) is 9.25. The van der Waals surface area contributed by atoms with Crippen LogP contribution in [0.4, 0.5) is 0 Å². The number of halogens is 1. The Bertz CT molecular complexity index is 1190. The molecule has 0 aliphatic carbocycles. The zero-order chi connectivity index (χ0) is 22.6. The second kappa shape index (κ2) is 10.1. The van der Waals surface area contributed by atoms with Gasteiger partial charge in [0, 0.05) is 85.3 Å². The van der Waals surface area contributed by atoms with Crippen molar-refractivity contribution in [3.05, 3.63) is 77.2 Å². The Kier molecular flexibility index (Phi) is 6.78. The number of nitrogens with zero attached hydrogens (tertiary/aromatic N) is 4. The van der Waals surface area contributed by atoms with Gasteiger partial charge in [0.15, 0.2) is 0 Å². The van der Waals surface area contributed by atoms with E-state index in [9.17, 15) is 0 Å². The molecule has 1 fully saturated rings. The van der Waals surface area contributed by atoms with Gasteiger partial charge in [-0.15, -0.1) is 0 Å². The fourth-order valence-corrected chi connectivity index (χ4v) is 4.94. The van der Waals surface area contributed by atoms with Gasteiger partial charge >= 0.3 is 0 Å². The lowest BCUT2D eigenvalue weighted by molar-refractivity contribution is 0.122. The second-order valence-corrected chi connectivity index (χ2v) is 9.27. The summed E-state index contributed by atoms with van der Waals surface area (Å²) in [5.74, 6) is 0. The van der Waals surface area contributed by atoms with Crippen LogP contribution < -0.4 is 5.73 Å². The van der Waals surface area contributed by atoms with Gasteiger partial charge in [-0.3, -0.25) is 14.9 Å². The molecular formula is C26H31ClN6. The first-order valence-corrected chi connectivity index (χ1v) is 12.1. The number of H-pyrrole nitrogens is 1. The van der Waals surface area contributed by atoms with Gasteiger partial charge in [0.05, 0.1) is 6.20 Å². The van der Waals surface area contributed by atoms with Gasteiger partial charge in [-0.05, 0) is 42.3 Å². The fourth-order valence-electron chi connectivity index (χ4n) is 4.75. The number of aromatic nitrogens is 3. The van der Waals surface area contributed by atoms with E-state index in [1.54, 1.807) is 0 Å². The molecule has 1 saturated heterocycles. The molecule has 3 heterocycles. The summed E-state index contributed by atoms with van der Waals surface area (Å²) in [5.41, 5.74) is 11.9. The minimum atomic E-state index is 0.696. The van der Waals surface area contributed by atoms with E-state index in [-0.39, 0.29) is 0 Å². The maximum Gasteiger partial charge on any atom is 0.0566 e. The van der Waals surface area contributed by atoms with Gasteiger partial charge in [-0.2, -0.15) is 5.10 Å². The Morgan fingerprint density at radius 1 is 1.00 bits per heavy atom. The SMILES string of the molecule is NCCCn1cc(-c2cn[nH]c2)c2cc(CN3CCN(Cc4ccccc4Cl)CC3)ccc21. The molecule has 0 amide bonds. The predicted molar refractivity (Wildman–Crippen MR) is 135 cm³/mol. The highest BCUT2D eigenvalue weighted by atomic mass is 35.5. The standard InChI is InChI=1S/C26H31ClN6/c27-25-5-2-1-4-21(25)18-32-12-10-31(11-13-32)17-20-6-7-26-23(14-20)24(22-15-29-30-16-22)19-33(26)9-3-8-28/h1-2,4-7,14-16,19H,3,8-13,17-18,28H2,(H,29,30). The summed E-state index contributed by atoms with van der Waals surface area (Å²) in [7, 11) is 0. The lowest BCUT2D eigenvalue weighted by Crippen LogP contribution is -2.45. The molecule has 0 bridgehead atoms. The number of piperazine rings is 1. The fraction of sp³-hybridized carbons (Fsp3) is 0.346.